The van der Waals surface area contributed by atoms with Gasteiger partial charge in [0.05, 0.1) is 13.2 Å². The highest BCUT2D eigenvalue weighted by molar-refractivity contribution is 5.94. The summed E-state index contributed by atoms with van der Waals surface area (Å²) in [6.07, 6.45) is 1.47. The zero-order valence-corrected chi connectivity index (χ0v) is 12.3. The van der Waals surface area contributed by atoms with E-state index in [0.29, 0.717) is 5.56 Å². The zero-order valence-electron chi connectivity index (χ0n) is 12.3. The SMILES string of the molecule is COc1ccccc1C(C)N(C)C(=O)c1cc[nH]c(=O)c1. The van der Waals surface area contributed by atoms with E-state index in [-0.39, 0.29) is 17.5 Å². The van der Waals surface area contributed by atoms with Crippen molar-refractivity contribution in [2.45, 2.75) is 13.0 Å². The molecule has 0 aliphatic rings. The maximum atomic E-state index is 12.4. The molecule has 1 aromatic heterocycles. The Hall–Kier alpha value is -2.56. The lowest BCUT2D eigenvalue weighted by Gasteiger charge is -2.26. The van der Waals surface area contributed by atoms with E-state index in [9.17, 15) is 9.59 Å². The third-order valence-electron chi connectivity index (χ3n) is 3.51. The van der Waals surface area contributed by atoms with Crippen LogP contribution < -0.4 is 10.3 Å². The van der Waals surface area contributed by atoms with Crippen molar-refractivity contribution in [1.82, 2.24) is 9.88 Å². The third kappa shape index (κ3) is 3.13. The summed E-state index contributed by atoms with van der Waals surface area (Å²) in [6, 6.07) is 10.3. The molecule has 1 heterocycles. The Kier molecular flexibility index (Phi) is 4.42. The van der Waals surface area contributed by atoms with Gasteiger partial charge in [-0.15, -0.1) is 0 Å². The number of rotatable bonds is 4. The molecule has 0 aliphatic carbocycles. The minimum Gasteiger partial charge on any atom is -0.496 e. The molecule has 0 saturated heterocycles. The summed E-state index contributed by atoms with van der Waals surface area (Å²) < 4.78 is 5.33. The van der Waals surface area contributed by atoms with Crippen molar-refractivity contribution in [1.29, 1.82) is 0 Å². The van der Waals surface area contributed by atoms with E-state index in [4.69, 9.17) is 4.74 Å². The van der Waals surface area contributed by atoms with Gasteiger partial charge in [0.25, 0.3) is 5.91 Å². The van der Waals surface area contributed by atoms with Gasteiger partial charge >= 0.3 is 0 Å². The van der Waals surface area contributed by atoms with E-state index in [1.165, 1.54) is 12.3 Å². The molecule has 1 unspecified atom stereocenters. The van der Waals surface area contributed by atoms with Gasteiger partial charge in [-0.2, -0.15) is 0 Å². The molecule has 1 atom stereocenters. The van der Waals surface area contributed by atoms with Gasteiger partial charge in [-0.3, -0.25) is 9.59 Å². The standard InChI is InChI=1S/C16H18N2O3/c1-11(13-6-4-5-7-14(13)21-3)18(2)16(20)12-8-9-17-15(19)10-12/h4-11H,1-3H3,(H,17,19). The lowest BCUT2D eigenvalue weighted by Crippen LogP contribution is -2.30. The van der Waals surface area contributed by atoms with Crippen LogP contribution in [0, 0.1) is 0 Å². The molecule has 0 radical (unpaired) electrons. The predicted octanol–water partition coefficient (Wildman–Crippen LogP) is 2.22. The van der Waals surface area contributed by atoms with Gasteiger partial charge in [0.2, 0.25) is 5.56 Å². The topological polar surface area (TPSA) is 62.4 Å². The molecular weight excluding hydrogens is 268 g/mol. The fraction of sp³-hybridized carbons (Fsp3) is 0.250. The second-order valence-corrected chi connectivity index (χ2v) is 4.78. The quantitative estimate of drug-likeness (QED) is 0.937. The van der Waals surface area contributed by atoms with Crippen LogP contribution >= 0.6 is 0 Å². The highest BCUT2D eigenvalue weighted by atomic mass is 16.5. The van der Waals surface area contributed by atoms with Gasteiger partial charge in [-0.05, 0) is 19.1 Å². The molecule has 0 saturated carbocycles. The first-order valence-corrected chi connectivity index (χ1v) is 6.63. The molecule has 1 amide bonds. The van der Waals surface area contributed by atoms with E-state index in [0.717, 1.165) is 11.3 Å². The number of nitrogens with one attached hydrogen (secondary N) is 1. The minimum absolute atomic E-state index is 0.173. The second kappa shape index (κ2) is 6.26. The van der Waals surface area contributed by atoms with Gasteiger partial charge in [0.1, 0.15) is 5.75 Å². The van der Waals surface area contributed by atoms with Crippen LogP contribution in [0.3, 0.4) is 0 Å². The second-order valence-electron chi connectivity index (χ2n) is 4.78. The van der Waals surface area contributed by atoms with Crippen molar-refractivity contribution in [3.05, 3.63) is 64.1 Å². The number of benzene rings is 1. The summed E-state index contributed by atoms with van der Waals surface area (Å²) in [4.78, 5) is 27.8. The molecule has 2 rings (SSSR count). The highest BCUT2D eigenvalue weighted by Crippen LogP contribution is 2.28. The van der Waals surface area contributed by atoms with Crippen molar-refractivity contribution in [2.24, 2.45) is 0 Å². The summed E-state index contributed by atoms with van der Waals surface area (Å²) in [5.41, 5.74) is 0.989. The van der Waals surface area contributed by atoms with Crippen molar-refractivity contribution in [3.8, 4) is 5.75 Å². The monoisotopic (exact) mass is 286 g/mol. The molecule has 1 N–H and O–H groups in total. The molecule has 2 aromatic rings. The average molecular weight is 286 g/mol. The van der Waals surface area contributed by atoms with Crippen LogP contribution in [0.5, 0.6) is 5.75 Å². The molecule has 0 spiro atoms. The van der Waals surface area contributed by atoms with Crippen LogP contribution in [0.1, 0.15) is 28.9 Å². The number of carbonyl (C=O) groups excluding carboxylic acids is 1. The van der Waals surface area contributed by atoms with Crippen LogP contribution in [0.15, 0.2) is 47.4 Å². The van der Waals surface area contributed by atoms with Crippen LogP contribution in [0.25, 0.3) is 0 Å². The summed E-state index contributed by atoms with van der Waals surface area (Å²) >= 11 is 0. The number of carbonyl (C=O) groups is 1. The number of aromatic nitrogens is 1. The van der Waals surface area contributed by atoms with Gasteiger partial charge in [0, 0.05) is 30.4 Å². The minimum atomic E-state index is -0.292. The number of para-hydroxylation sites is 1. The molecule has 0 aliphatic heterocycles. The maximum Gasteiger partial charge on any atom is 0.254 e. The number of H-pyrrole nitrogens is 1. The number of nitrogens with zero attached hydrogens (tertiary/aromatic N) is 1. The fourth-order valence-corrected chi connectivity index (χ4v) is 2.18. The molecule has 0 bridgehead atoms. The average Bonchev–Trinajstić information content (AvgIpc) is 2.52. The Morgan fingerprint density at radius 3 is 2.67 bits per heavy atom. The Morgan fingerprint density at radius 2 is 2.00 bits per heavy atom. The first kappa shape index (κ1) is 14.8. The summed E-state index contributed by atoms with van der Waals surface area (Å²) in [5, 5.41) is 0. The Morgan fingerprint density at radius 1 is 1.29 bits per heavy atom. The Bertz CT molecular complexity index is 694. The number of amides is 1. The van der Waals surface area contributed by atoms with Crippen LogP contribution in [0.2, 0.25) is 0 Å². The summed E-state index contributed by atoms with van der Waals surface area (Å²) in [5.74, 6) is 0.523. The van der Waals surface area contributed by atoms with Crippen LogP contribution in [0.4, 0.5) is 0 Å². The maximum absolute atomic E-state index is 12.4. The zero-order chi connectivity index (χ0) is 15.4. The number of hydrogen-bond donors (Lipinski definition) is 1. The normalized spacial score (nSPS) is 11.8. The number of ether oxygens (including phenoxy) is 1. The molecule has 5 nitrogen and oxygen atoms in total. The molecule has 5 heteroatoms. The number of aromatic amines is 1. The largest absolute Gasteiger partial charge is 0.496 e. The summed E-state index contributed by atoms with van der Waals surface area (Å²) in [7, 11) is 3.31. The first-order chi connectivity index (χ1) is 10.0. The van der Waals surface area contributed by atoms with Crippen LogP contribution in [-0.2, 0) is 0 Å². The van der Waals surface area contributed by atoms with Gasteiger partial charge < -0.3 is 14.6 Å². The van der Waals surface area contributed by atoms with E-state index in [1.807, 2.05) is 31.2 Å². The number of pyridine rings is 1. The Labute approximate surface area is 123 Å². The van der Waals surface area contributed by atoms with Crippen LogP contribution in [-0.4, -0.2) is 29.9 Å². The molecule has 0 fully saturated rings. The van der Waals surface area contributed by atoms with Crippen molar-refractivity contribution < 1.29 is 9.53 Å². The van der Waals surface area contributed by atoms with Gasteiger partial charge in [-0.1, -0.05) is 18.2 Å². The highest BCUT2D eigenvalue weighted by Gasteiger charge is 2.21. The smallest absolute Gasteiger partial charge is 0.254 e. The molecule has 21 heavy (non-hydrogen) atoms. The van der Waals surface area contributed by atoms with E-state index in [1.54, 1.807) is 25.1 Å². The van der Waals surface area contributed by atoms with Gasteiger partial charge in [-0.25, -0.2) is 0 Å². The molecular formula is C16H18N2O3. The van der Waals surface area contributed by atoms with Crippen molar-refractivity contribution >= 4 is 5.91 Å². The third-order valence-corrected chi connectivity index (χ3v) is 3.51. The number of hydrogen-bond acceptors (Lipinski definition) is 3. The number of methoxy groups -OCH3 is 1. The van der Waals surface area contributed by atoms with Crippen molar-refractivity contribution in [2.75, 3.05) is 14.2 Å². The van der Waals surface area contributed by atoms with E-state index >= 15 is 0 Å². The van der Waals surface area contributed by atoms with Gasteiger partial charge in [0.15, 0.2) is 0 Å². The predicted molar refractivity (Wildman–Crippen MR) is 80.6 cm³/mol. The molecule has 1 aromatic carbocycles. The Balaban J connectivity index is 2.28. The lowest BCUT2D eigenvalue weighted by atomic mass is 10.1. The fourth-order valence-electron chi connectivity index (χ4n) is 2.18. The molecule has 110 valence electrons. The van der Waals surface area contributed by atoms with E-state index in [2.05, 4.69) is 4.98 Å². The lowest BCUT2D eigenvalue weighted by molar-refractivity contribution is 0.0741. The summed E-state index contributed by atoms with van der Waals surface area (Å²) in [6.45, 7) is 1.92. The first-order valence-electron chi connectivity index (χ1n) is 6.63. The van der Waals surface area contributed by atoms with E-state index < -0.39 is 0 Å². The van der Waals surface area contributed by atoms with Crippen molar-refractivity contribution in [3.63, 3.8) is 0 Å².